The molecular weight excluding hydrogens is 259 g/mol. The van der Waals surface area contributed by atoms with Crippen LogP contribution in [0, 0.1) is 0 Å². The van der Waals surface area contributed by atoms with Crippen molar-refractivity contribution in [2.24, 2.45) is 0 Å². The van der Waals surface area contributed by atoms with E-state index >= 15 is 0 Å². The first kappa shape index (κ1) is 14.0. The predicted octanol–water partition coefficient (Wildman–Crippen LogP) is 1.11. The molecule has 20 heavy (non-hydrogen) atoms. The van der Waals surface area contributed by atoms with E-state index < -0.39 is 7.12 Å². The van der Waals surface area contributed by atoms with Crippen molar-refractivity contribution in [3.05, 3.63) is 54.1 Å². The summed E-state index contributed by atoms with van der Waals surface area (Å²) < 4.78 is 10.8. The van der Waals surface area contributed by atoms with Gasteiger partial charge in [0, 0.05) is 0 Å². The molecule has 0 atom stereocenters. The maximum atomic E-state index is 9.50. The Labute approximate surface area is 115 Å². The average molecular weight is 270 g/mol. The van der Waals surface area contributed by atoms with Crippen molar-refractivity contribution in [1.29, 1.82) is 0 Å². The minimum atomic E-state index is -0.796. The van der Waals surface area contributed by atoms with E-state index in [-0.39, 0.29) is 6.15 Å². The van der Waals surface area contributed by atoms with Crippen LogP contribution in [0.2, 0.25) is 0 Å². The van der Waals surface area contributed by atoms with E-state index in [0.29, 0.717) is 6.61 Å². The van der Waals surface area contributed by atoms with E-state index in [1.165, 1.54) is 0 Å². The molecule has 0 spiro atoms. The third-order valence-corrected chi connectivity index (χ3v) is 2.76. The standard InChI is InChI=1S/C13H11BO3.CO2/c15-14-13-7-6-12(8-10(13)9-16-14)17-11-4-2-1-3-5-11;2-1-3/h1-8,15H,9H2;. The Bertz CT molecular complexity index is 608. The van der Waals surface area contributed by atoms with Crippen molar-refractivity contribution in [3.63, 3.8) is 0 Å². The average Bonchev–Trinajstić information content (AvgIpc) is 2.82. The summed E-state index contributed by atoms with van der Waals surface area (Å²) in [5, 5.41) is 9.50. The Morgan fingerprint density at radius 2 is 1.80 bits per heavy atom. The summed E-state index contributed by atoms with van der Waals surface area (Å²) in [7, 11) is -0.796. The minimum absolute atomic E-state index is 0.250. The molecule has 0 saturated carbocycles. The van der Waals surface area contributed by atoms with Gasteiger partial charge >= 0.3 is 13.3 Å². The summed E-state index contributed by atoms with van der Waals surface area (Å²) in [6, 6.07) is 15.2. The van der Waals surface area contributed by atoms with Gasteiger partial charge in [0.05, 0.1) is 6.61 Å². The van der Waals surface area contributed by atoms with E-state index in [4.69, 9.17) is 19.0 Å². The molecule has 0 fully saturated rings. The van der Waals surface area contributed by atoms with Crippen molar-refractivity contribution in [3.8, 4) is 11.5 Å². The molecule has 5 nitrogen and oxygen atoms in total. The van der Waals surface area contributed by atoms with Crippen LogP contribution in [-0.4, -0.2) is 18.3 Å². The zero-order chi connectivity index (χ0) is 14.4. The number of carbonyl (C=O) groups excluding carboxylic acids is 2. The monoisotopic (exact) mass is 270 g/mol. The SMILES string of the molecule is O=C=O.OB1OCc2cc(Oc3ccccc3)ccc21. The van der Waals surface area contributed by atoms with Crippen LogP contribution in [0.1, 0.15) is 5.56 Å². The maximum Gasteiger partial charge on any atom is 0.491 e. The first-order valence-electron chi connectivity index (χ1n) is 5.89. The van der Waals surface area contributed by atoms with Crippen LogP contribution in [-0.2, 0) is 20.9 Å². The summed E-state index contributed by atoms with van der Waals surface area (Å²) in [6.07, 6.45) is 0.250. The van der Waals surface area contributed by atoms with Crippen molar-refractivity contribution >= 4 is 18.7 Å². The molecule has 0 radical (unpaired) electrons. The molecule has 0 unspecified atom stereocenters. The van der Waals surface area contributed by atoms with Gasteiger partial charge in [0.25, 0.3) is 0 Å². The van der Waals surface area contributed by atoms with Crippen molar-refractivity contribution in [2.45, 2.75) is 6.61 Å². The lowest BCUT2D eigenvalue weighted by Gasteiger charge is -2.06. The lowest BCUT2D eigenvalue weighted by Crippen LogP contribution is -2.27. The lowest BCUT2D eigenvalue weighted by atomic mass is 9.80. The Hall–Kier alpha value is -2.40. The highest BCUT2D eigenvalue weighted by Crippen LogP contribution is 2.23. The van der Waals surface area contributed by atoms with Gasteiger partial charge in [-0.05, 0) is 35.3 Å². The zero-order valence-corrected chi connectivity index (χ0v) is 10.5. The fourth-order valence-corrected chi connectivity index (χ4v) is 1.89. The fourth-order valence-electron chi connectivity index (χ4n) is 1.89. The molecule has 0 aliphatic carbocycles. The van der Waals surface area contributed by atoms with Gasteiger partial charge in [-0.3, -0.25) is 0 Å². The van der Waals surface area contributed by atoms with Gasteiger partial charge in [0.2, 0.25) is 0 Å². The second kappa shape index (κ2) is 6.68. The summed E-state index contributed by atoms with van der Waals surface area (Å²) in [6.45, 7) is 0.433. The van der Waals surface area contributed by atoms with Gasteiger partial charge in [-0.25, -0.2) is 0 Å². The quantitative estimate of drug-likeness (QED) is 0.827. The molecule has 1 aliphatic rings. The number of benzene rings is 2. The molecule has 3 rings (SSSR count). The Morgan fingerprint density at radius 1 is 1.10 bits per heavy atom. The van der Waals surface area contributed by atoms with Crippen LogP contribution in [0.25, 0.3) is 0 Å². The molecule has 1 N–H and O–H groups in total. The van der Waals surface area contributed by atoms with Gasteiger partial charge in [0.1, 0.15) is 11.5 Å². The van der Waals surface area contributed by atoms with Crippen LogP contribution in [0.3, 0.4) is 0 Å². The van der Waals surface area contributed by atoms with Gasteiger partial charge in [-0.15, -0.1) is 0 Å². The van der Waals surface area contributed by atoms with Gasteiger partial charge < -0.3 is 14.4 Å². The molecule has 0 aromatic heterocycles. The second-order valence-electron chi connectivity index (χ2n) is 4.02. The van der Waals surface area contributed by atoms with Crippen molar-refractivity contribution < 1.29 is 24.0 Å². The summed E-state index contributed by atoms with van der Waals surface area (Å²) in [4.78, 5) is 16.2. The molecule has 0 bridgehead atoms. The first-order chi connectivity index (χ1) is 9.74. The largest absolute Gasteiger partial charge is 0.491 e. The number of para-hydroxylation sites is 1. The summed E-state index contributed by atoms with van der Waals surface area (Å²) >= 11 is 0. The third kappa shape index (κ3) is 3.33. The molecule has 100 valence electrons. The van der Waals surface area contributed by atoms with E-state index in [0.717, 1.165) is 22.5 Å². The lowest BCUT2D eigenvalue weighted by molar-refractivity contribution is -0.191. The van der Waals surface area contributed by atoms with Crippen LogP contribution in [0.15, 0.2) is 48.5 Å². The molecule has 1 heterocycles. The number of hydrogen-bond acceptors (Lipinski definition) is 5. The Balaban J connectivity index is 0.000000452. The van der Waals surface area contributed by atoms with Crippen LogP contribution >= 0.6 is 0 Å². The summed E-state index contributed by atoms with van der Waals surface area (Å²) in [5.74, 6) is 1.56. The molecule has 0 amide bonds. The predicted molar refractivity (Wildman–Crippen MR) is 70.4 cm³/mol. The fraction of sp³-hybridized carbons (Fsp3) is 0.0714. The van der Waals surface area contributed by atoms with Crippen molar-refractivity contribution in [2.75, 3.05) is 0 Å². The van der Waals surface area contributed by atoms with Crippen LogP contribution in [0.4, 0.5) is 0 Å². The van der Waals surface area contributed by atoms with Crippen LogP contribution < -0.4 is 10.2 Å². The smallest absolute Gasteiger partial charge is 0.457 e. The number of hydrogen-bond donors (Lipinski definition) is 1. The zero-order valence-electron chi connectivity index (χ0n) is 10.5. The molecule has 0 saturated heterocycles. The molecule has 2 aromatic carbocycles. The van der Waals surface area contributed by atoms with E-state index in [2.05, 4.69) is 0 Å². The normalized spacial score (nSPS) is 11.9. The third-order valence-electron chi connectivity index (χ3n) is 2.76. The number of fused-ring (bicyclic) bond motifs is 1. The highest BCUT2D eigenvalue weighted by Gasteiger charge is 2.27. The van der Waals surface area contributed by atoms with E-state index in [9.17, 15) is 5.02 Å². The topological polar surface area (TPSA) is 72.8 Å². The summed E-state index contributed by atoms with van der Waals surface area (Å²) in [5.41, 5.74) is 1.80. The van der Waals surface area contributed by atoms with E-state index in [1.54, 1.807) is 0 Å². The number of rotatable bonds is 2. The Kier molecular flexibility index (Phi) is 4.68. The van der Waals surface area contributed by atoms with Crippen molar-refractivity contribution in [1.82, 2.24) is 0 Å². The minimum Gasteiger partial charge on any atom is -0.457 e. The molecule has 2 aromatic rings. The van der Waals surface area contributed by atoms with Gasteiger partial charge in [-0.1, -0.05) is 24.3 Å². The Morgan fingerprint density at radius 3 is 2.50 bits per heavy atom. The molecule has 1 aliphatic heterocycles. The highest BCUT2D eigenvalue weighted by molar-refractivity contribution is 6.61. The molecule has 6 heteroatoms. The van der Waals surface area contributed by atoms with Crippen LogP contribution in [0.5, 0.6) is 11.5 Å². The highest BCUT2D eigenvalue weighted by atomic mass is 16.5. The number of ether oxygens (including phenoxy) is 1. The van der Waals surface area contributed by atoms with Gasteiger partial charge in [-0.2, -0.15) is 9.59 Å². The van der Waals surface area contributed by atoms with Gasteiger partial charge in [0.15, 0.2) is 0 Å². The second-order valence-corrected chi connectivity index (χ2v) is 4.02. The molecular formula is C14H11BO5. The van der Waals surface area contributed by atoms with E-state index in [1.807, 2.05) is 48.5 Å². The maximum absolute atomic E-state index is 9.50. The first-order valence-corrected chi connectivity index (χ1v) is 5.89.